The zero-order chi connectivity index (χ0) is 13.2. The van der Waals surface area contributed by atoms with E-state index >= 15 is 0 Å². The number of aryl methyl sites for hydroxylation is 1. The first-order valence-electron chi connectivity index (χ1n) is 5.18. The van der Waals surface area contributed by atoms with E-state index in [0.29, 0.717) is 16.8 Å². The van der Waals surface area contributed by atoms with Crippen LogP contribution in [0.5, 0.6) is 0 Å². The van der Waals surface area contributed by atoms with Crippen molar-refractivity contribution in [3.05, 3.63) is 35.5 Å². The number of halogens is 1. The van der Waals surface area contributed by atoms with E-state index in [0.717, 1.165) is 0 Å². The quantitative estimate of drug-likeness (QED) is 0.868. The predicted molar refractivity (Wildman–Crippen MR) is 70.6 cm³/mol. The zero-order valence-electron chi connectivity index (χ0n) is 9.54. The first-order valence-corrected chi connectivity index (χ1v) is 7.45. The van der Waals surface area contributed by atoms with E-state index in [1.54, 1.807) is 22.9 Å². The molecule has 6 nitrogen and oxygen atoms in total. The highest BCUT2D eigenvalue weighted by Crippen LogP contribution is 2.21. The Balaban J connectivity index is 2.30. The molecule has 0 amide bonds. The summed E-state index contributed by atoms with van der Waals surface area (Å²) in [4.78, 5) is 7.80. The summed E-state index contributed by atoms with van der Waals surface area (Å²) in [6.07, 6.45) is 4.52. The molecule has 0 spiro atoms. The molecule has 0 aliphatic carbocycles. The van der Waals surface area contributed by atoms with E-state index in [2.05, 4.69) is 30.6 Å². The van der Waals surface area contributed by atoms with Crippen LogP contribution in [0.25, 0.3) is 0 Å². The van der Waals surface area contributed by atoms with Crippen LogP contribution in [-0.4, -0.2) is 23.0 Å². The number of pyridine rings is 1. The number of rotatable bonds is 4. The second-order valence-electron chi connectivity index (χ2n) is 3.49. The van der Waals surface area contributed by atoms with Crippen LogP contribution in [0.4, 0.5) is 5.69 Å². The molecule has 0 fully saturated rings. The van der Waals surface area contributed by atoms with Crippen LogP contribution in [0, 0.1) is 0 Å². The number of sulfonamides is 1. The lowest BCUT2D eigenvalue weighted by atomic mass is 10.4. The van der Waals surface area contributed by atoms with Crippen LogP contribution in [-0.2, 0) is 16.6 Å². The molecular formula is C10H11BrN4O2S. The summed E-state index contributed by atoms with van der Waals surface area (Å²) in [6.45, 7) is 2.57. The Morgan fingerprint density at radius 1 is 1.44 bits per heavy atom. The molecule has 0 saturated carbocycles. The van der Waals surface area contributed by atoms with Gasteiger partial charge in [0.2, 0.25) is 0 Å². The summed E-state index contributed by atoms with van der Waals surface area (Å²) in [5.74, 6) is 0. The number of hydrogen-bond donors (Lipinski definition) is 1. The van der Waals surface area contributed by atoms with Crippen molar-refractivity contribution < 1.29 is 8.42 Å². The summed E-state index contributed by atoms with van der Waals surface area (Å²) in [5.41, 5.74) is 0.378. The molecular weight excluding hydrogens is 320 g/mol. The summed E-state index contributed by atoms with van der Waals surface area (Å²) in [5, 5.41) is -0.0138. The number of hydrogen-bond acceptors (Lipinski definition) is 4. The van der Waals surface area contributed by atoms with E-state index in [-0.39, 0.29) is 5.03 Å². The Morgan fingerprint density at radius 3 is 2.83 bits per heavy atom. The van der Waals surface area contributed by atoms with Gasteiger partial charge < -0.3 is 4.57 Å². The Labute approximate surface area is 113 Å². The standard InChI is InChI=1S/C10H11BrN4O2S/c1-2-15-6-9(13-7-15)18(16,17)14-8-4-3-5-12-10(8)11/h3-7,14H,2H2,1H3. The monoisotopic (exact) mass is 330 g/mol. The Kier molecular flexibility index (Phi) is 3.67. The van der Waals surface area contributed by atoms with Gasteiger partial charge in [0.05, 0.1) is 12.0 Å². The highest BCUT2D eigenvalue weighted by Gasteiger charge is 2.18. The molecule has 0 bridgehead atoms. The molecule has 0 atom stereocenters. The minimum Gasteiger partial charge on any atom is -0.336 e. The maximum atomic E-state index is 12.0. The first kappa shape index (κ1) is 13.0. The van der Waals surface area contributed by atoms with Gasteiger partial charge in [-0.3, -0.25) is 4.72 Å². The third kappa shape index (κ3) is 2.70. The lowest BCUT2D eigenvalue weighted by molar-refractivity contribution is 0.598. The molecule has 0 aliphatic heterocycles. The second kappa shape index (κ2) is 5.07. The third-order valence-electron chi connectivity index (χ3n) is 2.25. The van der Waals surface area contributed by atoms with Gasteiger partial charge in [0.1, 0.15) is 4.60 Å². The van der Waals surface area contributed by atoms with E-state index in [1.165, 1.54) is 12.5 Å². The van der Waals surface area contributed by atoms with E-state index in [4.69, 9.17) is 0 Å². The largest absolute Gasteiger partial charge is 0.336 e. The van der Waals surface area contributed by atoms with Gasteiger partial charge in [-0.15, -0.1) is 0 Å². The Bertz CT molecular complexity index is 653. The zero-order valence-corrected chi connectivity index (χ0v) is 11.9. The molecule has 0 unspecified atom stereocenters. The van der Waals surface area contributed by atoms with Crippen LogP contribution in [0.2, 0.25) is 0 Å². The molecule has 1 N–H and O–H groups in total. The Morgan fingerprint density at radius 2 is 2.22 bits per heavy atom. The fraction of sp³-hybridized carbons (Fsp3) is 0.200. The molecule has 2 heterocycles. The fourth-order valence-corrected chi connectivity index (χ4v) is 2.81. The molecule has 0 aliphatic rings. The van der Waals surface area contributed by atoms with Crippen LogP contribution in [0.3, 0.4) is 0 Å². The summed E-state index contributed by atoms with van der Waals surface area (Å²) in [7, 11) is -3.68. The van der Waals surface area contributed by atoms with Crippen LogP contribution >= 0.6 is 15.9 Å². The topological polar surface area (TPSA) is 76.9 Å². The highest BCUT2D eigenvalue weighted by molar-refractivity contribution is 9.10. The maximum Gasteiger partial charge on any atom is 0.281 e. The second-order valence-corrected chi connectivity index (χ2v) is 5.87. The minimum absolute atomic E-state index is 0.0138. The van der Waals surface area contributed by atoms with Gasteiger partial charge >= 0.3 is 0 Å². The van der Waals surface area contributed by atoms with Gasteiger partial charge in [-0.05, 0) is 35.0 Å². The molecule has 2 aromatic heterocycles. The molecule has 18 heavy (non-hydrogen) atoms. The molecule has 0 radical (unpaired) electrons. The molecule has 2 rings (SSSR count). The number of nitrogens with one attached hydrogen (secondary N) is 1. The van der Waals surface area contributed by atoms with Crippen molar-refractivity contribution in [3.8, 4) is 0 Å². The van der Waals surface area contributed by atoms with Crippen molar-refractivity contribution in [1.29, 1.82) is 0 Å². The summed E-state index contributed by atoms with van der Waals surface area (Å²) < 4.78 is 28.6. The third-order valence-corrected chi connectivity index (χ3v) is 4.14. The Hall–Kier alpha value is -1.41. The van der Waals surface area contributed by atoms with E-state index in [9.17, 15) is 8.42 Å². The van der Waals surface area contributed by atoms with Gasteiger partial charge in [-0.25, -0.2) is 9.97 Å². The summed E-state index contributed by atoms with van der Waals surface area (Å²) in [6, 6.07) is 3.26. The fourth-order valence-electron chi connectivity index (χ4n) is 1.31. The van der Waals surface area contributed by atoms with Gasteiger partial charge in [-0.2, -0.15) is 8.42 Å². The molecule has 96 valence electrons. The van der Waals surface area contributed by atoms with Crippen molar-refractivity contribution >= 4 is 31.6 Å². The SMILES string of the molecule is CCn1cnc(S(=O)(=O)Nc2cccnc2Br)c1. The first-order chi connectivity index (χ1) is 8.53. The lowest BCUT2D eigenvalue weighted by Crippen LogP contribution is -2.14. The van der Waals surface area contributed by atoms with Crippen molar-refractivity contribution in [1.82, 2.24) is 14.5 Å². The van der Waals surface area contributed by atoms with Crippen LogP contribution in [0.1, 0.15) is 6.92 Å². The highest BCUT2D eigenvalue weighted by atomic mass is 79.9. The molecule has 0 saturated heterocycles. The van der Waals surface area contributed by atoms with Crippen molar-refractivity contribution in [2.75, 3.05) is 4.72 Å². The van der Waals surface area contributed by atoms with Crippen molar-refractivity contribution in [3.63, 3.8) is 0 Å². The average molecular weight is 331 g/mol. The average Bonchev–Trinajstić information content (AvgIpc) is 2.81. The minimum atomic E-state index is -3.68. The number of imidazole rings is 1. The number of nitrogens with zero attached hydrogens (tertiary/aromatic N) is 3. The van der Waals surface area contributed by atoms with Gasteiger partial charge in [0.25, 0.3) is 10.0 Å². The smallest absolute Gasteiger partial charge is 0.281 e. The molecule has 8 heteroatoms. The molecule has 2 aromatic rings. The van der Waals surface area contributed by atoms with Crippen molar-refractivity contribution in [2.24, 2.45) is 0 Å². The van der Waals surface area contributed by atoms with E-state index in [1.807, 2.05) is 6.92 Å². The lowest BCUT2D eigenvalue weighted by Gasteiger charge is -2.06. The van der Waals surface area contributed by atoms with E-state index < -0.39 is 10.0 Å². The molecule has 0 aromatic carbocycles. The number of anilines is 1. The van der Waals surface area contributed by atoms with Crippen LogP contribution < -0.4 is 4.72 Å². The van der Waals surface area contributed by atoms with Crippen LogP contribution in [0.15, 0.2) is 40.5 Å². The van der Waals surface area contributed by atoms with Gasteiger partial charge in [0.15, 0.2) is 5.03 Å². The predicted octanol–water partition coefficient (Wildman–Crippen LogP) is 1.86. The number of aromatic nitrogens is 3. The normalized spacial score (nSPS) is 11.4. The maximum absolute atomic E-state index is 12.0. The summed E-state index contributed by atoms with van der Waals surface area (Å²) >= 11 is 3.18. The van der Waals surface area contributed by atoms with Gasteiger partial charge in [0, 0.05) is 18.9 Å². The van der Waals surface area contributed by atoms with Crippen molar-refractivity contribution in [2.45, 2.75) is 18.5 Å². The van der Waals surface area contributed by atoms with Gasteiger partial charge in [-0.1, -0.05) is 0 Å².